The SMILES string of the molecule is C/C=C/C(O)C(C)(C)C#N.C=C(C)C(=O)OCCN1CCN=C1C(C)(C)C.C=C(C)C(=O)OCCOC(=O)Nc1cccc(CC(C)(C)C#N)c1.C=C(C)COC(=O)c1ccccc1CSC.C=CC(O)C(C)(C)C#N.C=CCC(C)(C)C#N.C=CCSC.C=Cc1ccccc1.CC.CCSC. The monoisotopic (exact) mass is 1480 g/mol. The molecule has 3 N–H and O–H groups in total. The van der Waals surface area contributed by atoms with Gasteiger partial charge in [0.2, 0.25) is 0 Å². The highest BCUT2D eigenvalue weighted by Crippen LogP contribution is 2.25. The zero-order valence-corrected chi connectivity index (χ0v) is 68.6. The van der Waals surface area contributed by atoms with Gasteiger partial charge in [0.15, 0.2) is 0 Å². The summed E-state index contributed by atoms with van der Waals surface area (Å²) >= 11 is 5.33. The summed E-state index contributed by atoms with van der Waals surface area (Å²) in [6, 6.07) is 33.2. The lowest BCUT2D eigenvalue weighted by molar-refractivity contribution is -0.140. The first kappa shape index (κ1) is 106. The minimum absolute atomic E-state index is 0.0322. The van der Waals surface area contributed by atoms with Crippen LogP contribution in [0.5, 0.6) is 0 Å². The summed E-state index contributed by atoms with van der Waals surface area (Å²) in [4.78, 5) is 52.5. The highest BCUT2D eigenvalue weighted by atomic mass is 32.2. The van der Waals surface area contributed by atoms with Gasteiger partial charge in [0.1, 0.15) is 32.3 Å². The zero-order chi connectivity index (χ0) is 80.9. The number of nitrogens with zero attached hydrogens (tertiary/aromatic N) is 6. The third-order valence-electron chi connectivity index (χ3n) is 12.8. The molecule has 2 unspecified atom stereocenters. The minimum Gasteiger partial charge on any atom is -0.460 e. The van der Waals surface area contributed by atoms with Crippen LogP contribution in [0.1, 0.15) is 158 Å². The Labute approximate surface area is 635 Å². The smallest absolute Gasteiger partial charge is 0.411 e. The van der Waals surface area contributed by atoms with E-state index in [-0.39, 0.29) is 48.2 Å². The Morgan fingerprint density at radius 1 is 0.670 bits per heavy atom. The number of carbonyl (C=O) groups excluding carboxylic acids is 4. The predicted molar refractivity (Wildman–Crippen MR) is 439 cm³/mol. The normalized spacial score (nSPS) is 11.4. The Morgan fingerprint density at radius 2 is 1.18 bits per heavy atom. The molecule has 2 atom stereocenters. The van der Waals surface area contributed by atoms with Gasteiger partial charge in [-0.25, -0.2) is 19.2 Å². The molecule has 1 amide bonds. The van der Waals surface area contributed by atoms with E-state index in [2.05, 4.69) is 114 Å². The maximum Gasteiger partial charge on any atom is 0.411 e. The molecule has 0 aromatic heterocycles. The van der Waals surface area contributed by atoms with Crippen LogP contribution in [-0.4, -0.2) is 133 Å². The van der Waals surface area contributed by atoms with E-state index in [0.29, 0.717) is 36.4 Å². The number of aliphatic imine (C=N–C) groups is 1. The van der Waals surface area contributed by atoms with Gasteiger partial charge in [0.25, 0.3) is 0 Å². The molecular formula is C83H125N7O10S3. The average Bonchev–Trinajstić information content (AvgIpc) is 1.75. The number of hydrogen-bond acceptors (Lipinski definition) is 19. The number of benzene rings is 3. The first-order valence-electron chi connectivity index (χ1n) is 33.7. The number of rotatable bonds is 26. The number of nitrogens with one attached hydrogen (secondary N) is 1. The van der Waals surface area contributed by atoms with Crippen LogP contribution < -0.4 is 5.32 Å². The Bertz CT molecular complexity index is 3210. The maximum absolute atomic E-state index is 11.8. The molecule has 0 saturated heterocycles. The number of amides is 1. The van der Waals surface area contributed by atoms with Crippen molar-refractivity contribution in [3.63, 3.8) is 0 Å². The largest absolute Gasteiger partial charge is 0.460 e. The highest BCUT2D eigenvalue weighted by molar-refractivity contribution is 7.98. The molecule has 570 valence electrons. The van der Waals surface area contributed by atoms with E-state index >= 15 is 0 Å². The first-order valence-corrected chi connectivity index (χ1v) is 37.9. The van der Waals surface area contributed by atoms with Gasteiger partial charge in [0, 0.05) is 40.3 Å². The van der Waals surface area contributed by atoms with Crippen LogP contribution in [0.3, 0.4) is 0 Å². The number of anilines is 1. The third kappa shape index (κ3) is 57.8. The number of aliphatic hydroxyl groups excluding tert-OH is 2. The van der Waals surface area contributed by atoms with Crippen LogP contribution in [0.25, 0.3) is 6.08 Å². The molecular weight excluding hydrogens is 1350 g/mol. The average molecular weight is 1480 g/mol. The molecule has 0 aliphatic carbocycles. The molecule has 4 rings (SSSR count). The molecule has 1 aliphatic heterocycles. The molecule has 1 heterocycles. The Hall–Kier alpha value is -8.34. The lowest BCUT2D eigenvalue weighted by atomic mass is 9.87. The number of aliphatic hydroxyl groups is 2. The van der Waals surface area contributed by atoms with Gasteiger partial charge in [-0.05, 0) is 161 Å². The summed E-state index contributed by atoms with van der Waals surface area (Å²) in [5.74, 6) is 3.11. The van der Waals surface area contributed by atoms with Crippen molar-refractivity contribution in [3.8, 4) is 24.3 Å². The number of hydrogen-bond donors (Lipinski definition) is 3. The first-order chi connectivity index (χ1) is 48.2. The van der Waals surface area contributed by atoms with Crippen molar-refractivity contribution >= 4 is 76.9 Å². The van der Waals surface area contributed by atoms with Crippen molar-refractivity contribution in [2.75, 3.05) is 81.7 Å². The van der Waals surface area contributed by atoms with Gasteiger partial charge in [0.05, 0.1) is 76.8 Å². The Morgan fingerprint density at radius 3 is 1.58 bits per heavy atom. The Kier molecular flexibility index (Phi) is 63.8. The number of nitriles is 4. The lowest BCUT2D eigenvalue weighted by Crippen LogP contribution is -2.38. The molecule has 17 nitrogen and oxygen atoms in total. The van der Waals surface area contributed by atoms with Gasteiger partial charge in [-0.1, -0.05) is 165 Å². The van der Waals surface area contributed by atoms with Crippen molar-refractivity contribution in [3.05, 3.63) is 194 Å². The van der Waals surface area contributed by atoms with E-state index < -0.39 is 40.5 Å². The lowest BCUT2D eigenvalue weighted by Gasteiger charge is -2.28. The number of carbonyl (C=O) groups is 4. The fourth-order valence-electron chi connectivity index (χ4n) is 6.87. The molecule has 0 radical (unpaired) electrons. The number of allylic oxidation sites excluding steroid dienone is 2. The topological polar surface area (TPSA) is 268 Å². The van der Waals surface area contributed by atoms with E-state index in [9.17, 15) is 24.3 Å². The second-order valence-corrected chi connectivity index (χ2v) is 28.7. The van der Waals surface area contributed by atoms with E-state index in [1.165, 1.54) is 24.3 Å². The van der Waals surface area contributed by atoms with Crippen molar-refractivity contribution in [1.29, 1.82) is 21.0 Å². The summed E-state index contributed by atoms with van der Waals surface area (Å²) in [6.07, 6.45) is 15.7. The number of amidine groups is 1. The summed E-state index contributed by atoms with van der Waals surface area (Å²) < 4.78 is 20.0. The van der Waals surface area contributed by atoms with Gasteiger partial charge >= 0.3 is 24.0 Å². The van der Waals surface area contributed by atoms with Gasteiger partial charge in [-0.3, -0.25) is 10.3 Å². The number of ether oxygens (including phenoxy) is 4. The van der Waals surface area contributed by atoms with Gasteiger partial charge in [-0.15, -0.1) is 19.7 Å². The fraction of sp³-hybridized carbons (Fsp3) is 0.482. The van der Waals surface area contributed by atoms with Gasteiger partial charge in [-0.2, -0.15) is 56.3 Å². The number of thioether (sulfide) groups is 3. The number of esters is 3. The van der Waals surface area contributed by atoms with Crippen molar-refractivity contribution in [2.45, 2.75) is 155 Å². The van der Waals surface area contributed by atoms with E-state index in [0.717, 1.165) is 53.6 Å². The van der Waals surface area contributed by atoms with Crippen LogP contribution in [0.4, 0.5) is 10.5 Å². The summed E-state index contributed by atoms with van der Waals surface area (Å²) in [5, 5.41) is 55.4. The van der Waals surface area contributed by atoms with Crippen LogP contribution in [0, 0.1) is 72.4 Å². The van der Waals surface area contributed by atoms with E-state index in [4.69, 9.17) is 45.1 Å². The predicted octanol–water partition coefficient (Wildman–Crippen LogP) is 19.5. The molecule has 0 spiro atoms. The van der Waals surface area contributed by atoms with Crippen molar-refractivity contribution in [2.24, 2.45) is 32.1 Å². The Balaban J connectivity index is -0.000000268. The minimum atomic E-state index is -0.734. The maximum atomic E-state index is 11.8. The van der Waals surface area contributed by atoms with E-state index in [1.807, 2.05) is 152 Å². The van der Waals surface area contributed by atoms with Crippen LogP contribution >= 0.6 is 35.3 Å². The molecule has 3 aromatic rings. The molecule has 0 bridgehead atoms. The van der Waals surface area contributed by atoms with Crippen LogP contribution in [0.2, 0.25) is 0 Å². The van der Waals surface area contributed by atoms with Crippen LogP contribution in [-0.2, 0) is 40.7 Å². The second kappa shape index (κ2) is 62.2. The molecule has 20 heteroatoms. The summed E-state index contributed by atoms with van der Waals surface area (Å²) in [5.41, 5.74) is 3.90. The molecule has 0 fully saturated rings. The summed E-state index contributed by atoms with van der Waals surface area (Å²) in [6.45, 7) is 61.5. The highest BCUT2D eigenvalue weighted by Gasteiger charge is 2.28. The van der Waals surface area contributed by atoms with Crippen molar-refractivity contribution in [1.82, 2.24) is 4.90 Å². The zero-order valence-electron chi connectivity index (χ0n) is 66.1. The molecule has 103 heavy (non-hydrogen) atoms. The van der Waals surface area contributed by atoms with E-state index in [1.54, 1.807) is 101 Å². The standard InChI is InChI=1S/C18H22N2O4.C13H22N2O2.C13H16O2S.C8H13NO.C8H8.C7H11NO.C7H11N.C4H8S.C3H8S.C2H6/c1-13(2)16(21)23-8-9-24-17(22)20-15-7-5-6-14(10-15)11-18(3,4)12-19;1-10(2)11(16)17-9-8-15-7-6-14-12(15)13(3,4)5;1-10(2)8-15-13(14)12-7-5-4-6-11(12)9-16-3;1-4-5-7(10)8(2,3)6-9;1-2-8-6-4-3-5-7-8;1-4-6(9)7(2,3)5-8;1-4-5-7(2,3)6-8;1-3-4-5-2;1-3-4-2;1-2/h5-7,10H,1,8-9,11H2,2-4H3,(H,20,22);1,6-9H2,2-5H3;4-7H,1,8-9H2,2-3H3;4-5,7,10H,1-3H3;2-7H,1H2;4,6,9H,1H2,2-3H3;4H,1,5H2,2-3H3;3H,1,4H2,2H3;3H2,1-2H3;1-2H3/b;;;5-4+;;;;;;. The second-order valence-electron chi connectivity index (χ2n) is 25.8. The van der Waals surface area contributed by atoms with Crippen LogP contribution in [0.15, 0.2) is 177 Å². The fourth-order valence-corrected chi connectivity index (χ4v) is 7.67. The third-order valence-corrected chi connectivity index (χ3v) is 14.5. The van der Waals surface area contributed by atoms with Crippen molar-refractivity contribution < 1.29 is 48.3 Å². The molecule has 3 aromatic carbocycles. The quantitative estimate of drug-likeness (QED) is 0.0222. The van der Waals surface area contributed by atoms with Gasteiger partial charge < -0.3 is 34.1 Å². The summed E-state index contributed by atoms with van der Waals surface area (Å²) in [7, 11) is 0. The molecule has 1 aliphatic rings. The molecule has 0 saturated carbocycles.